The number of hydrogen-bond acceptors (Lipinski definition) is 3. The second-order valence-corrected chi connectivity index (χ2v) is 7.03. The van der Waals surface area contributed by atoms with Crippen LogP contribution in [0.3, 0.4) is 0 Å². The molecule has 1 N–H and O–H groups in total. The van der Waals surface area contributed by atoms with E-state index in [1.165, 1.54) is 17.7 Å². The fourth-order valence-corrected chi connectivity index (χ4v) is 2.88. The van der Waals surface area contributed by atoms with Crippen molar-refractivity contribution >= 4 is 12.1 Å². The summed E-state index contributed by atoms with van der Waals surface area (Å²) in [7, 11) is 0. The van der Waals surface area contributed by atoms with Crippen LogP contribution in [-0.4, -0.2) is 40.3 Å². The Bertz CT molecular complexity index is 384. The van der Waals surface area contributed by atoms with E-state index in [1.54, 1.807) is 20.8 Å². The Morgan fingerprint density at radius 3 is 2.35 bits per heavy atom. The molecular formula is C15H25NO4. The first-order valence-electron chi connectivity index (χ1n) is 7.50. The molecule has 0 aromatic heterocycles. The largest absolute Gasteiger partial charge is 0.480 e. The summed E-state index contributed by atoms with van der Waals surface area (Å²) < 4.78 is 5.31. The number of hydrogen-bond donors (Lipinski definition) is 1. The molecular weight excluding hydrogens is 258 g/mol. The molecule has 2 rings (SSSR count). The third kappa shape index (κ3) is 3.87. The summed E-state index contributed by atoms with van der Waals surface area (Å²) in [6, 6.07) is -0.719. The molecule has 2 aliphatic rings. The molecule has 0 aromatic rings. The van der Waals surface area contributed by atoms with Crippen molar-refractivity contribution in [2.75, 3.05) is 6.54 Å². The Kier molecular flexibility index (Phi) is 4.25. The molecule has 1 saturated carbocycles. The zero-order chi connectivity index (χ0) is 14.9. The van der Waals surface area contributed by atoms with Crippen molar-refractivity contribution in [2.45, 2.75) is 64.5 Å². The average molecular weight is 283 g/mol. The Morgan fingerprint density at radius 2 is 1.85 bits per heavy atom. The molecule has 2 unspecified atom stereocenters. The Hall–Kier alpha value is -1.26. The average Bonchev–Trinajstić information content (AvgIpc) is 3.01. The van der Waals surface area contributed by atoms with Crippen molar-refractivity contribution in [1.29, 1.82) is 0 Å². The van der Waals surface area contributed by atoms with Crippen LogP contribution in [0.5, 0.6) is 0 Å². The van der Waals surface area contributed by atoms with Crippen LogP contribution in [0.15, 0.2) is 0 Å². The van der Waals surface area contributed by atoms with Gasteiger partial charge in [0.15, 0.2) is 0 Å². The number of aliphatic carboxylic acids is 1. The number of nitrogens with zero attached hydrogens (tertiary/aromatic N) is 1. The van der Waals surface area contributed by atoms with Crippen molar-refractivity contribution in [3.05, 3.63) is 0 Å². The van der Waals surface area contributed by atoms with Crippen LogP contribution in [0, 0.1) is 11.8 Å². The lowest BCUT2D eigenvalue weighted by Crippen LogP contribution is -2.45. The van der Waals surface area contributed by atoms with Crippen LogP contribution < -0.4 is 0 Å². The standard InChI is InChI=1S/C15H25NO4/c1-15(2,3)20-14(19)16-9-8-11(12(16)13(17)18)7-6-10-4-5-10/h10-12H,4-9H2,1-3H3,(H,17,18). The summed E-state index contributed by atoms with van der Waals surface area (Å²) in [6.45, 7) is 5.87. The monoisotopic (exact) mass is 283 g/mol. The zero-order valence-electron chi connectivity index (χ0n) is 12.6. The van der Waals surface area contributed by atoms with E-state index in [-0.39, 0.29) is 5.92 Å². The van der Waals surface area contributed by atoms with Gasteiger partial charge in [0.2, 0.25) is 0 Å². The number of carbonyl (C=O) groups excluding carboxylic acids is 1. The lowest BCUT2D eigenvalue weighted by molar-refractivity contribution is -0.143. The fourth-order valence-electron chi connectivity index (χ4n) is 2.88. The SMILES string of the molecule is CC(C)(C)OC(=O)N1CCC(CCC2CC2)C1C(=O)O. The second kappa shape index (κ2) is 5.62. The molecule has 0 spiro atoms. The van der Waals surface area contributed by atoms with Crippen LogP contribution >= 0.6 is 0 Å². The molecule has 0 radical (unpaired) electrons. The molecule has 0 aromatic carbocycles. The van der Waals surface area contributed by atoms with Gasteiger partial charge in [-0.3, -0.25) is 4.90 Å². The first-order valence-corrected chi connectivity index (χ1v) is 7.50. The third-order valence-corrected chi connectivity index (χ3v) is 4.05. The quantitative estimate of drug-likeness (QED) is 0.861. The fraction of sp³-hybridized carbons (Fsp3) is 0.867. The van der Waals surface area contributed by atoms with Gasteiger partial charge in [0.05, 0.1) is 0 Å². The van der Waals surface area contributed by atoms with E-state index in [0.717, 1.165) is 25.2 Å². The minimum Gasteiger partial charge on any atom is -0.480 e. The zero-order valence-corrected chi connectivity index (χ0v) is 12.6. The van der Waals surface area contributed by atoms with E-state index in [1.807, 2.05) is 0 Å². The van der Waals surface area contributed by atoms with Crippen molar-refractivity contribution in [1.82, 2.24) is 4.90 Å². The molecule has 5 nitrogen and oxygen atoms in total. The maximum absolute atomic E-state index is 12.1. The van der Waals surface area contributed by atoms with Crippen LogP contribution in [0.2, 0.25) is 0 Å². The molecule has 20 heavy (non-hydrogen) atoms. The Labute approximate surface area is 120 Å². The second-order valence-electron chi connectivity index (χ2n) is 7.03. The van der Waals surface area contributed by atoms with Crippen molar-refractivity contribution in [3.63, 3.8) is 0 Å². The number of carboxylic acid groups (broad SMARTS) is 1. The molecule has 5 heteroatoms. The lowest BCUT2D eigenvalue weighted by atomic mass is 9.94. The normalized spacial score (nSPS) is 26.6. The van der Waals surface area contributed by atoms with Crippen molar-refractivity contribution in [2.24, 2.45) is 11.8 Å². The smallest absolute Gasteiger partial charge is 0.411 e. The van der Waals surface area contributed by atoms with Gasteiger partial charge in [-0.25, -0.2) is 9.59 Å². The van der Waals surface area contributed by atoms with Crippen LogP contribution in [0.25, 0.3) is 0 Å². The summed E-state index contributed by atoms with van der Waals surface area (Å²) in [5, 5.41) is 9.43. The van der Waals surface area contributed by atoms with E-state index >= 15 is 0 Å². The van der Waals surface area contributed by atoms with Crippen molar-refractivity contribution in [3.8, 4) is 0 Å². The van der Waals surface area contributed by atoms with Gasteiger partial charge in [-0.15, -0.1) is 0 Å². The molecule has 0 bridgehead atoms. The number of amides is 1. The number of carbonyl (C=O) groups is 2. The van der Waals surface area contributed by atoms with Gasteiger partial charge in [0, 0.05) is 6.54 Å². The van der Waals surface area contributed by atoms with Crippen LogP contribution in [0.1, 0.15) is 52.9 Å². The number of carboxylic acids is 1. The first-order chi connectivity index (χ1) is 9.28. The van der Waals surface area contributed by atoms with E-state index in [4.69, 9.17) is 4.74 Å². The maximum atomic E-state index is 12.1. The minimum absolute atomic E-state index is 0.0700. The van der Waals surface area contributed by atoms with Gasteiger partial charge in [0.1, 0.15) is 11.6 Å². The van der Waals surface area contributed by atoms with E-state index in [2.05, 4.69) is 0 Å². The van der Waals surface area contributed by atoms with Crippen LogP contribution in [-0.2, 0) is 9.53 Å². The molecule has 1 heterocycles. The Morgan fingerprint density at radius 1 is 1.20 bits per heavy atom. The van der Waals surface area contributed by atoms with Gasteiger partial charge in [0.25, 0.3) is 0 Å². The predicted molar refractivity (Wildman–Crippen MR) is 74.4 cm³/mol. The summed E-state index contributed by atoms with van der Waals surface area (Å²) in [4.78, 5) is 25.0. The molecule has 1 amide bonds. The molecule has 2 atom stereocenters. The van der Waals surface area contributed by atoms with Gasteiger partial charge in [-0.05, 0) is 45.4 Å². The van der Waals surface area contributed by atoms with Crippen LogP contribution in [0.4, 0.5) is 4.79 Å². The molecule has 114 valence electrons. The minimum atomic E-state index is -0.908. The lowest BCUT2D eigenvalue weighted by Gasteiger charge is -2.28. The maximum Gasteiger partial charge on any atom is 0.411 e. The number of likely N-dealkylation sites (tertiary alicyclic amines) is 1. The van der Waals surface area contributed by atoms with E-state index in [9.17, 15) is 14.7 Å². The highest BCUT2D eigenvalue weighted by Gasteiger charge is 2.43. The van der Waals surface area contributed by atoms with Gasteiger partial charge in [-0.1, -0.05) is 19.3 Å². The third-order valence-electron chi connectivity index (χ3n) is 4.05. The highest BCUT2D eigenvalue weighted by molar-refractivity contribution is 5.81. The van der Waals surface area contributed by atoms with E-state index < -0.39 is 23.7 Å². The summed E-state index contributed by atoms with van der Waals surface area (Å²) in [5.74, 6) is -0.0465. The van der Waals surface area contributed by atoms with Gasteiger partial charge in [-0.2, -0.15) is 0 Å². The van der Waals surface area contributed by atoms with Gasteiger partial charge >= 0.3 is 12.1 Å². The summed E-state index contributed by atoms with van der Waals surface area (Å²) >= 11 is 0. The highest BCUT2D eigenvalue weighted by atomic mass is 16.6. The van der Waals surface area contributed by atoms with Gasteiger partial charge < -0.3 is 9.84 Å². The molecule has 1 aliphatic carbocycles. The molecule has 2 fully saturated rings. The first kappa shape index (κ1) is 15.1. The topological polar surface area (TPSA) is 66.8 Å². The molecule has 1 aliphatic heterocycles. The summed E-state index contributed by atoms with van der Waals surface area (Å²) in [5.41, 5.74) is -0.591. The molecule has 1 saturated heterocycles. The summed E-state index contributed by atoms with van der Waals surface area (Å²) in [6.07, 6.45) is 4.82. The van der Waals surface area contributed by atoms with Crippen molar-refractivity contribution < 1.29 is 19.4 Å². The van der Waals surface area contributed by atoms with E-state index in [0.29, 0.717) is 6.54 Å². The Balaban J connectivity index is 1.97. The predicted octanol–water partition coefficient (Wildman–Crippen LogP) is 2.89. The number of ether oxygens (including phenoxy) is 1. The highest BCUT2D eigenvalue weighted by Crippen LogP contribution is 2.38. The number of rotatable bonds is 4.